The molecule has 2 aliphatic rings. The number of carbonyl (C=O) groups excluding carboxylic acids is 2. The first kappa shape index (κ1) is 15.6. The molecule has 8 heteroatoms. The first-order valence-electron chi connectivity index (χ1n) is 7.29. The molecule has 0 bridgehead atoms. The van der Waals surface area contributed by atoms with E-state index in [0.717, 1.165) is 6.42 Å². The van der Waals surface area contributed by atoms with Crippen LogP contribution in [0, 0.1) is 0 Å². The second kappa shape index (κ2) is 5.75. The maximum Gasteiger partial charge on any atom is 0.573 e. The summed E-state index contributed by atoms with van der Waals surface area (Å²) >= 11 is 0. The van der Waals surface area contributed by atoms with Gasteiger partial charge in [-0.15, -0.1) is 13.2 Å². The van der Waals surface area contributed by atoms with Gasteiger partial charge in [0.2, 0.25) is 11.8 Å². The molecule has 3 rings (SSSR count). The summed E-state index contributed by atoms with van der Waals surface area (Å²) in [6.45, 7) is 0.575. The van der Waals surface area contributed by atoms with Crippen LogP contribution < -0.4 is 10.1 Å². The number of hydrogen-bond donors (Lipinski definition) is 1. The highest BCUT2D eigenvalue weighted by Crippen LogP contribution is 2.25. The number of alkyl halides is 3. The zero-order valence-electron chi connectivity index (χ0n) is 12.1. The number of piperazine rings is 1. The molecule has 2 unspecified atom stereocenters. The van der Waals surface area contributed by atoms with E-state index < -0.39 is 12.4 Å². The number of ether oxygens (including phenoxy) is 1. The van der Waals surface area contributed by atoms with Gasteiger partial charge < -0.3 is 15.0 Å². The zero-order chi connectivity index (χ0) is 16.6. The van der Waals surface area contributed by atoms with E-state index >= 15 is 0 Å². The van der Waals surface area contributed by atoms with Gasteiger partial charge in [0.15, 0.2) is 0 Å². The molecule has 1 N–H and O–H groups in total. The van der Waals surface area contributed by atoms with Crippen LogP contribution in [-0.4, -0.2) is 41.7 Å². The maximum atomic E-state index is 12.3. The standard InChI is InChI=1S/C15H15F3N2O3/c16-15(17,18)23-10-5-3-9(4-6-10)8-11-14(22)20-7-1-2-12(20)13(21)19-11/h3-6,11-12H,1-2,7-8H2,(H,19,21). The molecule has 2 fully saturated rings. The highest BCUT2D eigenvalue weighted by atomic mass is 19.4. The van der Waals surface area contributed by atoms with Crippen molar-refractivity contribution in [3.8, 4) is 5.75 Å². The van der Waals surface area contributed by atoms with Crippen molar-refractivity contribution < 1.29 is 27.5 Å². The van der Waals surface area contributed by atoms with Crippen molar-refractivity contribution >= 4 is 11.8 Å². The van der Waals surface area contributed by atoms with Gasteiger partial charge >= 0.3 is 6.36 Å². The van der Waals surface area contributed by atoms with E-state index in [1.807, 2.05) is 0 Å². The molecule has 5 nitrogen and oxygen atoms in total. The van der Waals surface area contributed by atoms with Crippen LogP contribution >= 0.6 is 0 Å². The van der Waals surface area contributed by atoms with Crippen LogP contribution in [0.15, 0.2) is 24.3 Å². The van der Waals surface area contributed by atoms with Crippen LogP contribution in [0.2, 0.25) is 0 Å². The largest absolute Gasteiger partial charge is 0.573 e. The van der Waals surface area contributed by atoms with Gasteiger partial charge in [0.05, 0.1) is 0 Å². The number of rotatable bonds is 3. The van der Waals surface area contributed by atoms with Crippen LogP contribution in [0.1, 0.15) is 18.4 Å². The summed E-state index contributed by atoms with van der Waals surface area (Å²) in [5.74, 6) is -0.619. The molecule has 2 amide bonds. The highest BCUT2D eigenvalue weighted by molar-refractivity contribution is 5.97. The Morgan fingerprint density at radius 3 is 2.57 bits per heavy atom. The topological polar surface area (TPSA) is 58.6 Å². The predicted molar refractivity (Wildman–Crippen MR) is 73.5 cm³/mol. The van der Waals surface area contributed by atoms with Crippen molar-refractivity contribution in [1.29, 1.82) is 0 Å². The smallest absolute Gasteiger partial charge is 0.406 e. The third-order valence-electron chi connectivity index (χ3n) is 4.05. The van der Waals surface area contributed by atoms with E-state index in [9.17, 15) is 22.8 Å². The fourth-order valence-corrected chi connectivity index (χ4v) is 3.03. The molecule has 2 atom stereocenters. The van der Waals surface area contributed by atoms with E-state index in [1.165, 1.54) is 24.3 Å². The Balaban J connectivity index is 1.67. The lowest BCUT2D eigenvalue weighted by atomic mass is 10.0. The van der Waals surface area contributed by atoms with Crippen LogP contribution in [0.3, 0.4) is 0 Å². The van der Waals surface area contributed by atoms with Gasteiger partial charge in [-0.25, -0.2) is 0 Å². The van der Waals surface area contributed by atoms with Gasteiger partial charge in [-0.1, -0.05) is 12.1 Å². The molecular weight excluding hydrogens is 313 g/mol. The Hall–Kier alpha value is -2.25. The monoisotopic (exact) mass is 328 g/mol. The third-order valence-corrected chi connectivity index (χ3v) is 4.05. The number of nitrogens with one attached hydrogen (secondary N) is 1. The maximum absolute atomic E-state index is 12.3. The van der Waals surface area contributed by atoms with Gasteiger partial charge in [-0.3, -0.25) is 9.59 Å². The van der Waals surface area contributed by atoms with Gasteiger partial charge in [0, 0.05) is 13.0 Å². The normalized spacial score (nSPS) is 24.4. The molecule has 2 saturated heterocycles. The van der Waals surface area contributed by atoms with E-state index in [0.29, 0.717) is 18.5 Å². The predicted octanol–water partition coefficient (Wildman–Crippen LogP) is 1.62. The average Bonchev–Trinajstić information content (AvgIpc) is 2.95. The Morgan fingerprint density at radius 1 is 1.22 bits per heavy atom. The summed E-state index contributed by atoms with van der Waals surface area (Å²) in [6.07, 6.45) is -3.02. The third kappa shape index (κ3) is 3.40. The number of carbonyl (C=O) groups is 2. The fourth-order valence-electron chi connectivity index (χ4n) is 3.03. The summed E-state index contributed by atoms with van der Waals surface area (Å²) in [6, 6.07) is 4.24. The first-order chi connectivity index (χ1) is 10.8. The minimum Gasteiger partial charge on any atom is -0.406 e. The van der Waals surface area contributed by atoms with E-state index in [1.54, 1.807) is 4.90 Å². The average molecular weight is 328 g/mol. The first-order valence-corrected chi connectivity index (χ1v) is 7.29. The van der Waals surface area contributed by atoms with Crippen LogP contribution in [-0.2, 0) is 16.0 Å². The second-order valence-electron chi connectivity index (χ2n) is 5.65. The molecule has 23 heavy (non-hydrogen) atoms. The molecule has 0 spiro atoms. The Morgan fingerprint density at radius 2 is 1.91 bits per heavy atom. The van der Waals surface area contributed by atoms with Crippen molar-refractivity contribution in [2.45, 2.75) is 37.7 Å². The van der Waals surface area contributed by atoms with Crippen molar-refractivity contribution in [1.82, 2.24) is 10.2 Å². The van der Waals surface area contributed by atoms with Crippen molar-refractivity contribution in [3.63, 3.8) is 0 Å². The summed E-state index contributed by atoms with van der Waals surface area (Å²) in [5, 5.41) is 2.70. The Labute approximate surface area is 130 Å². The number of fused-ring (bicyclic) bond motifs is 1. The van der Waals surface area contributed by atoms with Crippen LogP contribution in [0.5, 0.6) is 5.75 Å². The van der Waals surface area contributed by atoms with E-state index in [2.05, 4.69) is 10.1 Å². The molecule has 0 radical (unpaired) electrons. The molecule has 0 saturated carbocycles. The number of amides is 2. The van der Waals surface area contributed by atoms with Crippen LogP contribution in [0.25, 0.3) is 0 Å². The van der Waals surface area contributed by atoms with E-state index in [-0.39, 0.29) is 30.0 Å². The van der Waals surface area contributed by atoms with E-state index in [4.69, 9.17) is 0 Å². The molecule has 0 aromatic heterocycles. The van der Waals surface area contributed by atoms with Gasteiger partial charge in [0.1, 0.15) is 17.8 Å². The van der Waals surface area contributed by atoms with Crippen molar-refractivity contribution in [2.24, 2.45) is 0 Å². The minimum atomic E-state index is -4.74. The van der Waals surface area contributed by atoms with Crippen molar-refractivity contribution in [2.75, 3.05) is 6.54 Å². The fraction of sp³-hybridized carbons (Fsp3) is 0.467. The molecule has 1 aromatic carbocycles. The zero-order valence-corrected chi connectivity index (χ0v) is 12.1. The van der Waals surface area contributed by atoms with Gasteiger partial charge in [-0.2, -0.15) is 0 Å². The van der Waals surface area contributed by atoms with Gasteiger partial charge in [0.25, 0.3) is 0 Å². The molecule has 124 valence electrons. The molecule has 1 aromatic rings. The summed E-state index contributed by atoms with van der Waals surface area (Å²) in [4.78, 5) is 25.9. The molecular formula is C15H15F3N2O3. The number of nitrogens with zero attached hydrogens (tertiary/aromatic N) is 1. The Bertz CT molecular complexity index is 615. The molecule has 2 aliphatic heterocycles. The molecule has 2 heterocycles. The summed E-state index contributed by atoms with van der Waals surface area (Å²) in [5.41, 5.74) is 0.649. The number of benzene rings is 1. The molecule has 0 aliphatic carbocycles. The quantitative estimate of drug-likeness (QED) is 0.917. The number of halogens is 3. The lowest BCUT2D eigenvalue weighted by molar-refractivity contribution is -0.274. The van der Waals surface area contributed by atoms with Crippen LogP contribution in [0.4, 0.5) is 13.2 Å². The number of hydrogen-bond acceptors (Lipinski definition) is 3. The minimum absolute atomic E-state index is 0.136. The Kier molecular flexibility index (Phi) is 3.91. The van der Waals surface area contributed by atoms with Crippen molar-refractivity contribution in [3.05, 3.63) is 29.8 Å². The lowest BCUT2D eigenvalue weighted by Gasteiger charge is -2.34. The highest BCUT2D eigenvalue weighted by Gasteiger charge is 2.42. The summed E-state index contributed by atoms with van der Waals surface area (Å²) in [7, 11) is 0. The SMILES string of the molecule is O=C1NC(Cc2ccc(OC(F)(F)F)cc2)C(=O)N2CCCC12. The second-order valence-corrected chi connectivity index (χ2v) is 5.65. The summed E-state index contributed by atoms with van der Waals surface area (Å²) < 4.78 is 40.1. The lowest BCUT2D eigenvalue weighted by Crippen LogP contribution is -2.61. The van der Waals surface area contributed by atoms with Gasteiger partial charge in [-0.05, 0) is 30.5 Å².